The Kier molecular flexibility index (Phi) is 2.35. The Hall–Kier alpha value is -1.84. The van der Waals surface area contributed by atoms with E-state index in [2.05, 4.69) is 10.4 Å². The van der Waals surface area contributed by atoms with Gasteiger partial charge >= 0.3 is 0 Å². The van der Waals surface area contributed by atoms with E-state index >= 15 is 0 Å². The number of hydrogen-bond donors (Lipinski definition) is 1. The van der Waals surface area contributed by atoms with Crippen LogP contribution in [0.3, 0.4) is 0 Å². The van der Waals surface area contributed by atoms with Gasteiger partial charge in [0.15, 0.2) is 0 Å². The van der Waals surface area contributed by atoms with Crippen molar-refractivity contribution in [2.45, 2.75) is 18.4 Å². The molecule has 1 heterocycles. The predicted octanol–water partition coefficient (Wildman–Crippen LogP) is 2.79. The summed E-state index contributed by atoms with van der Waals surface area (Å²) in [6.07, 6.45) is 4.91. The Balaban J connectivity index is 1.75. The summed E-state index contributed by atoms with van der Waals surface area (Å²) in [7, 11) is 1.88. The molecule has 0 bridgehead atoms. The zero-order chi connectivity index (χ0) is 11.8. The Labute approximate surface area is 99.3 Å². The number of aromatic nitrogens is 2. The van der Waals surface area contributed by atoms with Crippen molar-refractivity contribution in [2.75, 3.05) is 12.4 Å². The fraction of sp³-hybridized carbons (Fsp3) is 0.308. The van der Waals surface area contributed by atoms with Gasteiger partial charge < -0.3 is 5.32 Å². The van der Waals surface area contributed by atoms with Crippen molar-refractivity contribution >= 4 is 5.69 Å². The van der Waals surface area contributed by atoms with E-state index in [0.717, 1.165) is 12.1 Å². The van der Waals surface area contributed by atoms with Gasteiger partial charge in [0.05, 0.1) is 17.9 Å². The van der Waals surface area contributed by atoms with Crippen molar-refractivity contribution in [1.82, 2.24) is 9.78 Å². The molecule has 1 aromatic heterocycles. The molecule has 0 saturated heterocycles. The molecule has 0 aliphatic heterocycles. The van der Waals surface area contributed by atoms with E-state index in [1.807, 2.05) is 36.3 Å². The highest BCUT2D eigenvalue weighted by Gasteiger charge is 2.40. The van der Waals surface area contributed by atoms with E-state index in [0.29, 0.717) is 12.0 Å². The van der Waals surface area contributed by atoms with Crippen molar-refractivity contribution in [3.63, 3.8) is 0 Å². The summed E-state index contributed by atoms with van der Waals surface area (Å²) in [5.41, 5.74) is 2.22. The molecule has 88 valence electrons. The average molecular weight is 231 g/mol. The fourth-order valence-electron chi connectivity index (χ4n) is 2.19. The lowest BCUT2D eigenvalue weighted by Gasteiger charge is -2.01. The third-order valence-corrected chi connectivity index (χ3v) is 3.28. The fourth-order valence-corrected chi connectivity index (χ4v) is 2.19. The number of rotatable bonds is 3. The Morgan fingerprint density at radius 3 is 2.76 bits per heavy atom. The zero-order valence-electron chi connectivity index (χ0n) is 9.60. The van der Waals surface area contributed by atoms with Crippen LogP contribution < -0.4 is 5.32 Å². The first kappa shape index (κ1) is 10.3. The van der Waals surface area contributed by atoms with Gasteiger partial charge in [-0.25, -0.2) is 4.39 Å². The molecule has 4 heteroatoms. The number of hydrogen-bond acceptors (Lipinski definition) is 2. The Morgan fingerprint density at radius 1 is 1.35 bits per heavy atom. The number of benzene rings is 1. The molecule has 1 aliphatic carbocycles. The number of anilines is 1. The van der Waals surface area contributed by atoms with Gasteiger partial charge in [-0.1, -0.05) is 12.1 Å². The van der Waals surface area contributed by atoms with Crippen LogP contribution in [0.15, 0.2) is 36.7 Å². The highest BCUT2D eigenvalue weighted by atomic mass is 19.1. The highest BCUT2D eigenvalue weighted by Crippen LogP contribution is 2.51. The molecule has 3 rings (SSSR count). The monoisotopic (exact) mass is 231 g/mol. The first-order valence-electron chi connectivity index (χ1n) is 5.75. The zero-order valence-corrected chi connectivity index (χ0v) is 9.60. The van der Waals surface area contributed by atoms with Gasteiger partial charge in [0.1, 0.15) is 5.82 Å². The molecule has 0 spiro atoms. The Morgan fingerprint density at radius 2 is 2.12 bits per heavy atom. The molecule has 2 aromatic rings. The quantitative estimate of drug-likeness (QED) is 0.880. The summed E-state index contributed by atoms with van der Waals surface area (Å²) in [5, 5.41) is 7.38. The molecule has 2 unspecified atom stereocenters. The molecule has 2 atom stereocenters. The molecule has 0 radical (unpaired) electrons. The van der Waals surface area contributed by atoms with Gasteiger partial charge in [-0.3, -0.25) is 4.68 Å². The minimum atomic E-state index is -0.178. The first-order chi connectivity index (χ1) is 8.28. The molecule has 1 saturated carbocycles. The molecule has 1 aliphatic rings. The lowest BCUT2D eigenvalue weighted by Crippen LogP contribution is -1.96. The topological polar surface area (TPSA) is 29.9 Å². The van der Waals surface area contributed by atoms with Gasteiger partial charge in [-0.2, -0.15) is 5.10 Å². The smallest absolute Gasteiger partial charge is 0.123 e. The summed E-state index contributed by atoms with van der Waals surface area (Å²) >= 11 is 0. The maximum absolute atomic E-state index is 12.8. The SMILES string of the molecule is CNc1cnn(C2CC2c2ccc(F)cc2)c1. The van der Waals surface area contributed by atoms with Crippen LogP contribution in [0.4, 0.5) is 10.1 Å². The van der Waals surface area contributed by atoms with Crippen LogP contribution in [0.25, 0.3) is 0 Å². The van der Waals surface area contributed by atoms with E-state index in [9.17, 15) is 4.39 Å². The third kappa shape index (κ3) is 1.90. The standard InChI is InChI=1S/C13H14FN3/c1-15-11-7-16-17(8-11)13-6-12(13)9-2-4-10(14)5-3-9/h2-5,7-8,12-13,15H,6H2,1H3. The maximum atomic E-state index is 12.8. The number of nitrogens with zero attached hydrogens (tertiary/aromatic N) is 2. The van der Waals surface area contributed by atoms with Gasteiger partial charge in [0.2, 0.25) is 0 Å². The minimum Gasteiger partial charge on any atom is -0.386 e. The summed E-state index contributed by atoms with van der Waals surface area (Å²) in [6, 6.07) is 7.19. The van der Waals surface area contributed by atoms with Crippen molar-refractivity contribution in [2.24, 2.45) is 0 Å². The average Bonchev–Trinajstić information content (AvgIpc) is 3.00. The van der Waals surface area contributed by atoms with Crippen molar-refractivity contribution in [3.8, 4) is 0 Å². The second-order valence-electron chi connectivity index (χ2n) is 4.42. The lowest BCUT2D eigenvalue weighted by molar-refractivity contribution is 0.619. The van der Waals surface area contributed by atoms with E-state index in [1.54, 1.807) is 0 Å². The summed E-state index contributed by atoms with van der Waals surface area (Å²) in [6.45, 7) is 0. The van der Waals surface area contributed by atoms with Crippen LogP contribution in [0, 0.1) is 5.82 Å². The van der Waals surface area contributed by atoms with Gasteiger partial charge in [0, 0.05) is 19.2 Å². The molecule has 1 fully saturated rings. The molecular weight excluding hydrogens is 217 g/mol. The molecule has 3 nitrogen and oxygen atoms in total. The molecule has 1 N–H and O–H groups in total. The predicted molar refractivity (Wildman–Crippen MR) is 64.6 cm³/mol. The summed E-state index contributed by atoms with van der Waals surface area (Å²) in [4.78, 5) is 0. The highest BCUT2D eigenvalue weighted by molar-refractivity contribution is 5.38. The molecular formula is C13H14FN3. The third-order valence-electron chi connectivity index (χ3n) is 3.28. The van der Waals surface area contributed by atoms with E-state index in [4.69, 9.17) is 0 Å². The second-order valence-corrected chi connectivity index (χ2v) is 4.42. The van der Waals surface area contributed by atoms with Gasteiger partial charge in [0.25, 0.3) is 0 Å². The first-order valence-corrected chi connectivity index (χ1v) is 5.75. The summed E-state index contributed by atoms with van der Waals surface area (Å²) in [5.74, 6) is 0.294. The van der Waals surface area contributed by atoms with Gasteiger partial charge in [-0.15, -0.1) is 0 Å². The van der Waals surface area contributed by atoms with Crippen LogP contribution in [0.2, 0.25) is 0 Å². The van der Waals surface area contributed by atoms with Crippen molar-refractivity contribution in [3.05, 3.63) is 48.0 Å². The van der Waals surface area contributed by atoms with Crippen molar-refractivity contribution in [1.29, 1.82) is 0 Å². The molecule has 0 amide bonds. The van der Waals surface area contributed by atoms with Crippen molar-refractivity contribution < 1.29 is 4.39 Å². The van der Waals surface area contributed by atoms with Crippen LogP contribution >= 0.6 is 0 Å². The van der Waals surface area contributed by atoms with E-state index in [1.165, 1.54) is 17.7 Å². The number of halogens is 1. The van der Waals surface area contributed by atoms with Crippen LogP contribution in [0.1, 0.15) is 23.9 Å². The van der Waals surface area contributed by atoms with Crippen LogP contribution in [-0.2, 0) is 0 Å². The molecule has 1 aromatic carbocycles. The lowest BCUT2D eigenvalue weighted by atomic mass is 10.1. The normalized spacial score (nSPS) is 22.5. The number of nitrogens with one attached hydrogen (secondary N) is 1. The summed E-state index contributed by atoms with van der Waals surface area (Å²) < 4.78 is 14.8. The maximum Gasteiger partial charge on any atom is 0.123 e. The second kappa shape index (κ2) is 3.87. The van der Waals surface area contributed by atoms with E-state index in [-0.39, 0.29) is 5.82 Å². The van der Waals surface area contributed by atoms with E-state index < -0.39 is 0 Å². The van der Waals surface area contributed by atoms with Gasteiger partial charge in [-0.05, 0) is 24.1 Å². The van der Waals surface area contributed by atoms with Crippen LogP contribution in [0.5, 0.6) is 0 Å². The molecule has 17 heavy (non-hydrogen) atoms. The largest absolute Gasteiger partial charge is 0.386 e. The van der Waals surface area contributed by atoms with Crippen LogP contribution in [-0.4, -0.2) is 16.8 Å². The Bertz CT molecular complexity index is 518. The minimum absolute atomic E-state index is 0.178.